The predicted molar refractivity (Wildman–Crippen MR) is 146 cm³/mol. The molecule has 8 heteroatoms. The molecule has 0 fully saturated rings. The summed E-state index contributed by atoms with van der Waals surface area (Å²) in [4.78, 5) is 16.1. The van der Waals surface area contributed by atoms with Crippen molar-refractivity contribution in [1.82, 2.24) is 25.3 Å². The number of benzene rings is 1. The van der Waals surface area contributed by atoms with Crippen LogP contribution in [-0.2, 0) is 6.54 Å². The highest BCUT2D eigenvalue weighted by molar-refractivity contribution is 7.13. The molecule has 0 spiro atoms. The molecule has 36 heavy (non-hydrogen) atoms. The van der Waals surface area contributed by atoms with Crippen molar-refractivity contribution in [2.75, 3.05) is 27.2 Å². The van der Waals surface area contributed by atoms with Crippen LogP contribution in [0, 0.1) is 0 Å². The summed E-state index contributed by atoms with van der Waals surface area (Å²) in [7, 11) is 4.06. The third-order valence-corrected chi connectivity index (χ3v) is 7.13. The molecule has 5 heterocycles. The van der Waals surface area contributed by atoms with E-state index < -0.39 is 0 Å². The van der Waals surface area contributed by atoms with Crippen LogP contribution < -0.4 is 10.2 Å². The lowest BCUT2D eigenvalue weighted by molar-refractivity contribution is 0.261. The van der Waals surface area contributed by atoms with Crippen LogP contribution >= 0.6 is 11.3 Å². The fourth-order valence-electron chi connectivity index (χ4n) is 4.39. The highest BCUT2D eigenvalue weighted by atomic mass is 32.1. The summed E-state index contributed by atoms with van der Waals surface area (Å²) in [5.74, 6) is 0.749. The monoisotopic (exact) mass is 494 g/mol. The Kier molecular flexibility index (Phi) is 5.96. The number of thiophene rings is 1. The zero-order valence-electron chi connectivity index (χ0n) is 20.2. The van der Waals surface area contributed by atoms with E-state index in [4.69, 9.17) is 14.8 Å². The van der Waals surface area contributed by atoms with E-state index in [0.29, 0.717) is 13.2 Å². The van der Waals surface area contributed by atoms with Gasteiger partial charge >= 0.3 is 0 Å². The lowest BCUT2D eigenvalue weighted by Gasteiger charge is -2.17. The van der Waals surface area contributed by atoms with Crippen molar-refractivity contribution < 1.29 is 4.74 Å². The van der Waals surface area contributed by atoms with Gasteiger partial charge in [-0.05, 0) is 49.8 Å². The summed E-state index contributed by atoms with van der Waals surface area (Å²) in [5.41, 5.74) is 11.2. The number of nitrogens with one attached hydrogen (secondary N) is 2. The SMILES string of the molecule is CN(C)CCOc1cncc(-c2cnc3c(c2)C(c2cc4c(-c5cccs5)cccc4[nH]2)=NNC3)c1. The van der Waals surface area contributed by atoms with Gasteiger partial charge in [0.15, 0.2) is 0 Å². The Bertz CT molecular complexity index is 1550. The maximum absolute atomic E-state index is 5.90. The standard InChI is InChI=1S/C28H26N6OS/c1-34(2)8-9-35-20-11-18(14-29-16-20)19-12-23-26(30-15-19)17-31-33-28(23)25-13-22-21(27-7-4-10-36-27)5-3-6-24(22)32-25/h3-7,10-16,31-32H,8-9,17H2,1-2H3. The number of likely N-dealkylation sites (N-methyl/N-ethyl adjacent to an activating group) is 1. The average Bonchev–Trinajstić information content (AvgIpc) is 3.58. The van der Waals surface area contributed by atoms with Crippen LogP contribution in [0.2, 0.25) is 0 Å². The number of ether oxygens (including phenoxy) is 1. The van der Waals surface area contributed by atoms with Gasteiger partial charge in [-0.3, -0.25) is 9.97 Å². The minimum Gasteiger partial charge on any atom is -0.491 e. The van der Waals surface area contributed by atoms with Crippen molar-refractivity contribution in [1.29, 1.82) is 0 Å². The minimum absolute atomic E-state index is 0.589. The fourth-order valence-corrected chi connectivity index (χ4v) is 5.15. The number of hydrazone groups is 1. The van der Waals surface area contributed by atoms with E-state index in [0.717, 1.165) is 51.6 Å². The maximum Gasteiger partial charge on any atom is 0.138 e. The summed E-state index contributed by atoms with van der Waals surface area (Å²) in [6, 6.07) is 17.0. The molecule has 1 aliphatic rings. The Hall–Kier alpha value is -4.01. The first-order valence-electron chi connectivity index (χ1n) is 11.8. The van der Waals surface area contributed by atoms with Crippen molar-refractivity contribution in [2.45, 2.75) is 6.54 Å². The predicted octanol–water partition coefficient (Wildman–Crippen LogP) is 5.15. The molecule has 7 nitrogen and oxygen atoms in total. The lowest BCUT2D eigenvalue weighted by Crippen LogP contribution is -2.22. The largest absolute Gasteiger partial charge is 0.491 e. The molecular weight excluding hydrogens is 468 g/mol. The molecule has 0 unspecified atom stereocenters. The molecule has 0 amide bonds. The maximum atomic E-state index is 5.90. The summed E-state index contributed by atoms with van der Waals surface area (Å²) >= 11 is 1.75. The van der Waals surface area contributed by atoms with Crippen LogP contribution in [0.15, 0.2) is 77.6 Å². The van der Waals surface area contributed by atoms with Gasteiger partial charge in [0.05, 0.1) is 24.1 Å². The number of nitrogens with zero attached hydrogens (tertiary/aromatic N) is 4. The summed E-state index contributed by atoms with van der Waals surface area (Å²) in [6.45, 7) is 2.04. The summed E-state index contributed by atoms with van der Waals surface area (Å²) in [6.07, 6.45) is 5.48. The summed E-state index contributed by atoms with van der Waals surface area (Å²) < 4.78 is 5.90. The van der Waals surface area contributed by atoms with E-state index in [-0.39, 0.29) is 0 Å². The number of hydrogen-bond donors (Lipinski definition) is 2. The number of aromatic amines is 1. The van der Waals surface area contributed by atoms with Gasteiger partial charge in [-0.25, -0.2) is 0 Å². The smallest absolute Gasteiger partial charge is 0.138 e. The van der Waals surface area contributed by atoms with Crippen molar-refractivity contribution in [2.24, 2.45) is 5.10 Å². The van der Waals surface area contributed by atoms with Gasteiger partial charge < -0.3 is 20.0 Å². The van der Waals surface area contributed by atoms with E-state index >= 15 is 0 Å². The first-order valence-corrected chi connectivity index (χ1v) is 12.7. The van der Waals surface area contributed by atoms with Crippen molar-refractivity contribution in [3.63, 3.8) is 0 Å². The van der Waals surface area contributed by atoms with Gasteiger partial charge in [-0.15, -0.1) is 11.3 Å². The number of H-pyrrole nitrogens is 1. The zero-order chi connectivity index (χ0) is 24.5. The van der Waals surface area contributed by atoms with Crippen LogP contribution in [0.1, 0.15) is 17.0 Å². The van der Waals surface area contributed by atoms with Gasteiger partial charge in [0, 0.05) is 57.0 Å². The van der Waals surface area contributed by atoms with Gasteiger partial charge in [0.2, 0.25) is 0 Å². The Balaban J connectivity index is 1.35. The average molecular weight is 495 g/mol. The van der Waals surface area contributed by atoms with Crippen LogP contribution in [0.5, 0.6) is 5.75 Å². The number of rotatable bonds is 7. The van der Waals surface area contributed by atoms with Gasteiger partial charge in [0.25, 0.3) is 0 Å². The molecule has 0 aliphatic carbocycles. The first kappa shape index (κ1) is 22.5. The van der Waals surface area contributed by atoms with E-state index in [1.807, 2.05) is 32.6 Å². The Labute approximate surface area is 213 Å². The number of fused-ring (bicyclic) bond motifs is 2. The topological polar surface area (TPSA) is 78.4 Å². The molecule has 2 N–H and O–H groups in total. The Morgan fingerprint density at radius 1 is 1.00 bits per heavy atom. The normalized spacial score (nSPS) is 12.9. The fraction of sp³-hybridized carbons (Fsp3) is 0.179. The molecule has 4 aromatic heterocycles. The van der Waals surface area contributed by atoms with Crippen LogP contribution in [0.25, 0.3) is 32.5 Å². The van der Waals surface area contributed by atoms with E-state index in [2.05, 4.69) is 68.1 Å². The number of hydrogen-bond acceptors (Lipinski definition) is 7. The second-order valence-electron chi connectivity index (χ2n) is 9.00. The quantitative estimate of drug-likeness (QED) is 0.327. The molecule has 0 atom stereocenters. The molecule has 180 valence electrons. The third kappa shape index (κ3) is 4.36. The number of aromatic nitrogens is 3. The van der Waals surface area contributed by atoms with Crippen molar-refractivity contribution in [3.05, 3.63) is 89.5 Å². The van der Waals surface area contributed by atoms with Crippen LogP contribution in [0.3, 0.4) is 0 Å². The summed E-state index contributed by atoms with van der Waals surface area (Å²) in [5, 5.41) is 7.98. The number of pyridine rings is 2. The van der Waals surface area contributed by atoms with E-state index in [1.54, 1.807) is 17.5 Å². The zero-order valence-corrected chi connectivity index (χ0v) is 21.0. The van der Waals surface area contributed by atoms with Gasteiger partial charge in [-0.2, -0.15) is 5.10 Å². The first-order chi connectivity index (χ1) is 17.7. The van der Waals surface area contributed by atoms with Crippen LogP contribution in [0.4, 0.5) is 0 Å². The highest BCUT2D eigenvalue weighted by Gasteiger charge is 2.21. The van der Waals surface area contributed by atoms with Gasteiger partial charge in [0.1, 0.15) is 18.1 Å². The molecule has 0 saturated carbocycles. The molecule has 5 aromatic rings. The second-order valence-corrected chi connectivity index (χ2v) is 9.95. The molecule has 1 aromatic carbocycles. The van der Waals surface area contributed by atoms with Gasteiger partial charge in [-0.1, -0.05) is 18.2 Å². The molecule has 0 saturated heterocycles. The van der Waals surface area contributed by atoms with Crippen molar-refractivity contribution in [3.8, 4) is 27.3 Å². The van der Waals surface area contributed by atoms with E-state index in [1.165, 1.54) is 15.8 Å². The Morgan fingerprint density at radius 2 is 1.92 bits per heavy atom. The van der Waals surface area contributed by atoms with E-state index in [9.17, 15) is 0 Å². The lowest BCUT2D eigenvalue weighted by atomic mass is 9.99. The third-order valence-electron chi connectivity index (χ3n) is 6.22. The second kappa shape index (κ2) is 9.56. The Morgan fingerprint density at radius 3 is 2.78 bits per heavy atom. The molecule has 0 radical (unpaired) electrons. The minimum atomic E-state index is 0.589. The molecule has 6 rings (SSSR count). The highest BCUT2D eigenvalue weighted by Crippen LogP contribution is 2.33. The molecular formula is C28H26N6OS. The molecule has 0 bridgehead atoms. The molecule has 1 aliphatic heterocycles. The van der Waals surface area contributed by atoms with Crippen LogP contribution in [-0.4, -0.2) is 52.8 Å². The van der Waals surface area contributed by atoms with Crippen molar-refractivity contribution >= 4 is 28.0 Å².